The minimum absolute atomic E-state index is 0.299. The highest BCUT2D eigenvalue weighted by Crippen LogP contribution is 2.32. The van der Waals surface area contributed by atoms with Crippen LogP contribution in [0.15, 0.2) is 46.6 Å². The lowest BCUT2D eigenvalue weighted by Crippen LogP contribution is -2.36. The van der Waals surface area contributed by atoms with Gasteiger partial charge in [-0.25, -0.2) is 4.42 Å². The smallest absolute Gasteiger partial charge is 0.276 e. The van der Waals surface area contributed by atoms with Crippen molar-refractivity contribution < 1.29 is 19.1 Å². The zero-order valence-electron chi connectivity index (χ0n) is 15.8. The van der Waals surface area contributed by atoms with Gasteiger partial charge in [0, 0.05) is 22.9 Å². The Morgan fingerprint density at radius 1 is 1.07 bits per heavy atom. The van der Waals surface area contributed by atoms with Gasteiger partial charge in [0.2, 0.25) is 6.04 Å². The molecule has 0 saturated carbocycles. The largest absolute Gasteiger partial charge is 0.493 e. The number of nitrogens with zero attached hydrogens (tertiary/aromatic N) is 3. The van der Waals surface area contributed by atoms with Gasteiger partial charge in [0.25, 0.3) is 5.91 Å². The van der Waals surface area contributed by atoms with Crippen LogP contribution in [0, 0.1) is 6.92 Å². The first-order valence-electron chi connectivity index (χ1n) is 8.17. The van der Waals surface area contributed by atoms with Crippen molar-refractivity contribution in [1.82, 2.24) is 0 Å². The number of benzene rings is 2. The number of azo groups is 1. The molecule has 0 radical (unpaired) electrons. The third kappa shape index (κ3) is 4.99. The minimum Gasteiger partial charge on any atom is -0.493 e. The molecule has 0 bridgehead atoms. The van der Waals surface area contributed by atoms with Crippen LogP contribution in [0.25, 0.3) is 0 Å². The van der Waals surface area contributed by atoms with Crippen molar-refractivity contribution in [3.8, 4) is 11.5 Å². The Bertz CT molecular complexity index is 918. The van der Waals surface area contributed by atoms with Gasteiger partial charge in [0.1, 0.15) is 0 Å². The number of halogens is 2. The number of hydrogen-bond donors (Lipinski definition) is 0. The summed E-state index contributed by atoms with van der Waals surface area (Å²) in [5, 5.41) is 8.48. The number of anilines is 1. The number of aryl methyl sites for hydroxylation is 1. The Morgan fingerprint density at radius 3 is 2.32 bits per heavy atom. The first kappa shape index (κ1) is 21.7. The van der Waals surface area contributed by atoms with Crippen molar-refractivity contribution in [2.45, 2.75) is 19.9 Å². The highest BCUT2D eigenvalue weighted by atomic mass is 35.5. The average molecular weight is 424 g/mol. The monoisotopic (exact) mass is 423 g/mol. The zero-order valence-corrected chi connectivity index (χ0v) is 17.3. The maximum absolute atomic E-state index is 12.7. The summed E-state index contributed by atoms with van der Waals surface area (Å²) in [7, 11) is 2.95. The van der Waals surface area contributed by atoms with E-state index < -0.39 is 17.7 Å². The maximum atomic E-state index is 12.7. The molecule has 1 atom stereocenters. The van der Waals surface area contributed by atoms with E-state index in [1.807, 2.05) is 0 Å². The number of rotatable bonds is 7. The van der Waals surface area contributed by atoms with Crippen LogP contribution in [0.3, 0.4) is 0 Å². The van der Waals surface area contributed by atoms with Crippen LogP contribution in [-0.2, 0) is 9.59 Å². The molecule has 1 unspecified atom stereocenters. The second kappa shape index (κ2) is 9.52. The molecule has 0 fully saturated rings. The molecule has 0 aliphatic rings. The molecule has 2 aromatic rings. The van der Waals surface area contributed by atoms with Gasteiger partial charge in [-0.3, -0.25) is 9.59 Å². The summed E-state index contributed by atoms with van der Waals surface area (Å²) in [5.74, 6) is -0.371. The first-order valence-corrected chi connectivity index (χ1v) is 8.89. The molecule has 28 heavy (non-hydrogen) atoms. The quantitative estimate of drug-likeness (QED) is 0.360. The predicted molar refractivity (Wildman–Crippen MR) is 108 cm³/mol. The fourth-order valence-electron chi connectivity index (χ4n) is 2.34. The Labute approximate surface area is 173 Å². The van der Waals surface area contributed by atoms with Crippen LogP contribution < -0.4 is 13.9 Å². The molecule has 7 nitrogen and oxygen atoms in total. The molecule has 0 spiro atoms. The Balaban J connectivity index is 2.29. The summed E-state index contributed by atoms with van der Waals surface area (Å²) in [6, 6.07) is 8.28. The lowest BCUT2D eigenvalue weighted by atomic mass is 10.2. The van der Waals surface area contributed by atoms with Crippen molar-refractivity contribution >= 4 is 46.4 Å². The van der Waals surface area contributed by atoms with E-state index in [9.17, 15) is 9.59 Å². The molecule has 0 aliphatic carbocycles. The van der Waals surface area contributed by atoms with E-state index in [2.05, 4.69) is 10.2 Å². The summed E-state index contributed by atoms with van der Waals surface area (Å²) < 4.78 is 11.2. The summed E-state index contributed by atoms with van der Waals surface area (Å²) >= 11 is 12.1. The van der Waals surface area contributed by atoms with E-state index in [0.717, 1.165) is 9.98 Å². The molecular formula is C19H19Cl2N3O4. The number of hydrogen-bond acceptors (Lipinski definition) is 6. The Hall–Kier alpha value is -2.64. The van der Waals surface area contributed by atoms with Crippen LogP contribution in [0.2, 0.25) is 5.02 Å². The zero-order chi connectivity index (χ0) is 20.8. The maximum Gasteiger partial charge on any atom is 0.276 e. The molecule has 2 rings (SSSR count). The molecule has 1 amide bonds. The number of amides is 1. The Kier molecular flexibility index (Phi) is 7.37. The predicted octanol–water partition coefficient (Wildman–Crippen LogP) is 4.89. The highest BCUT2D eigenvalue weighted by Gasteiger charge is 2.29. The van der Waals surface area contributed by atoms with Crippen molar-refractivity contribution in [2.24, 2.45) is 10.2 Å². The number of ether oxygens (including phenoxy) is 2. The summed E-state index contributed by atoms with van der Waals surface area (Å²) in [6.07, 6.45) is 0. The summed E-state index contributed by atoms with van der Waals surface area (Å²) in [4.78, 5) is 24.7. The van der Waals surface area contributed by atoms with Gasteiger partial charge in [-0.1, -0.05) is 11.6 Å². The highest BCUT2D eigenvalue weighted by molar-refractivity contribution is 6.39. The van der Waals surface area contributed by atoms with Gasteiger partial charge in [-0.05, 0) is 49.7 Å². The van der Waals surface area contributed by atoms with Gasteiger partial charge in [-0.2, -0.15) is 10.2 Å². The van der Waals surface area contributed by atoms with Crippen LogP contribution in [-0.4, -0.2) is 32.0 Å². The van der Waals surface area contributed by atoms with Crippen LogP contribution in [0.4, 0.5) is 11.4 Å². The lowest BCUT2D eigenvalue weighted by molar-refractivity contribution is -0.126. The van der Waals surface area contributed by atoms with Gasteiger partial charge in [0.05, 0.1) is 25.6 Å². The van der Waals surface area contributed by atoms with Crippen LogP contribution in [0.1, 0.15) is 12.5 Å². The standard InChI is InChI=1S/C19H19Cl2N3O4/c1-11-9-13(20)5-7-15(11)22-23-18(12(2)25)19(26)24(21)14-6-8-16(27-3)17(10-14)28-4/h5-10,18H,1-4H3. The number of ketones is 1. The second-order valence-corrected chi connectivity index (χ2v) is 6.59. The third-order valence-corrected chi connectivity index (χ3v) is 4.44. The van der Waals surface area contributed by atoms with Gasteiger partial charge >= 0.3 is 0 Å². The van der Waals surface area contributed by atoms with E-state index in [-0.39, 0.29) is 0 Å². The van der Waals surface area contributed by atoms with Crippen LogP contribution >= 0.6 is 23.4 Å². The van der Waals surface area contributed by atoms with Crippen LogP contribution in [0.5, 0.6) is 11.5 Å². The minimum atomic E-state index is -1.39. The third-order valence-electron chi connectivity index (χ3n) is 3.85. The van der Waals surface area contributed by atoms with Crippen molar-refractivity contribution in [2.75, 3.05) is 18.6 Å². The van der Waals surface area contributed by atoms with Crippen molar-refractivity contribution in [3.63, 3.8) is 0 Å². The van der Waals surface area contributed by atoms with E-state index in [0.29, 0.717) is 27.9 Å². The lowest BCUT2D eigenvalue weighted by Gasteiger charge is -2.18. The average Bonchev–Trinajstić information content (AvgIpc) is 2.67. The molecule has 0 aromatic heterocycles. The molecule has 0 aliphatic heterocycles. The fraction of sp³-hybridized carbons (Fsp3) is 0.263. The number of methoxy groups -OCH3 is 2. The summed E-state index contributed by atoms with van der Waals surface area (Å²) in [5.41, 5.74) is 1.55. The molecule has 0 saturated heterocycles. The normalized spacial score (nSPS) is 11.9. The van der Waals surface area contributed by atoms with Gasteiger partial charge < -0.3 is 9.47 Å². The number of carbonyl (C=O) groups excluding carboxylic acids is 2. The van der Waals surface area contributed by atoms with Crippen molar-refractivity contribution in [3.05, 3.63) is 47.0 Å². The second-order valence-electron chi connectivity index (χ2n) is 5.82. The van der Waals surface area contributed by atoms with E-state index in [1.165, 1.54) is 27.2 Å². The number of Topliss-reactive ketones (excluding diaryl/α,β-unsaturated/α-hetero) is 1. The molecular weight excluding hydrogens is 405 g/mol. The van der Waals surface area contributed by atoms with Gasteiger partial charge in [-0.15, -0.1) is 0 Å². The molecule has 9 heteroatoms. The number of carbonyl (C=O) groups is 2. The van der Waals surface area contributed by atoms with E-state index >= 15 is 0 Å². The molecule has 148 valence electrons. The molecule has 0 heterocycles. The summed E-state index contributed by atoms with van der Waals surface area (Å²) in [6.45, 7) is 3.04. The van der Waals surface area contributed by atoms with Gasteiger partial charge in [0.15, 0.2) is 17.3 Å². The Morgan fingerprint density at radius 2 is 1.75 bits per heavy atom. The van der Waals surface area contributed by atoms with E-state index in [4.69, 9.17) is 32.9 Å². The van der Waals surface area contributed by atoms with E-state index in [1.54, 1.807) is 37.3 Å². The first-order chi connectivity index (χ1) is 13.3. The molecule has 0 N–H and O–H groups in total. The molecule has 2 aromatic carbocycles. The topological polar surface area (TPSA) is 80.6 Å². The van der Waals surface area contributed by atoms with Crippen molar-refractivity contribution in [1.29, 1.82) is 0 Å². The fourth-order valence-corrected chi connectivity index (χ4v) is 2.76. The SMILES string of the molecule is COc1ccc(N(Cl)C(=O)C(N=Nc2ccc(Cl)cc2C)C(C)=O)cc1OC.